The summed E-state index contributed by atoms with van der Waals surface area (Å²) < 4.78 is 5.00. The fourth-order valence-corrected chi connectivity index (χ4v) is 1.38. The van der Waals surface area contributed by atoms with Gasteiger partial charge in [0.1, 0.15) is 11.4 Å². The average molecular weight is 275 g/mol. The third-order valence-electron chi connectivity index (χ3n) is 2.51. The largest absolute Gasteiger partial charge is 0.497 e. The zero-order valence-corrected chi connectivity index (χ0v) is 10.9. The molecule has 1 aromatic heterocycles. The Balaban J connectivity index is 2.00. The molecule has 0 bridgehead atoms. The minimum atomic E-state index is -0.379. The van der Waals surface area contributed by atoms with Crippen molar-refractivity contribution >= 4 is 11.9 Å². The van der Waals surface area contributed by atoms with E-state index in [1.54, 1.807) is 31.4 Å². The zero-order valence-electron chi connectivity index (χ0n) is 10.9. The number of nitrogens with zero attached hydrogens (tertiary/aromatic N) is 2. The monoisotopic (exact) mass is 275 g/mol. The molecule has 0 spiro atoms. The molecule has 0 aliphatic heterocycles. The van der Waals surface area contributed by atoms with Gasteiger partial charge in [-0.2, -0.15) is 0 Å². The summed E-state index contributed by atoms with van der Waals surface area (Å²) in [6, 6.07) is 6.56. The van der Waals surface area contributed by atoms with Crippen LogP contribution in [0, 0.1) is 6.92 Å². The Kier molecular flexibility index (Phi) is 3.94. The molecule has 0 atom stereocenters. The number of rotatable bonds is 4. The van der Waals surface area contributed by atoms with E-state index in [1.807, 2.05) is 0 Å². The zero-order chi connectivity index (χ0) is 14.5. The Bertz CT molecular complexity index is 666. The SMILES string of the molecule is COc1ccc(C(=O)NNc2nnc(C)c(=O)[nH]2)cc1. The van der Waals surface area contributed by atoms with E-state index >= 15 is 0 Å². The van der Waals surface area contributed by atoms with Gasteiger partial charge in [0.05, 0.1) is 7.11 Å². The van der Waals surface area contributed by atoms with Crippen molar-refractivity contribution in [2.45, 2.75) is 6.92 Å². The van der Waals surface area contributed by atoms with Gasteiger partial charge in [-0.1, -0.05) is 0 Å². The van der Waals surface area contributed by atoms with Gasteiger partial charge in [-0.3, -0.25) is 25.4 Å². The fraction of sp³-hybridized carbons (Fsp3) is 0.167. The Morgan fingerprint density at radius 3 is 2.55 bits per heavy atom. The number of H-pyrrole nitrogens is 1. The van der Waals surface area contributed by atoms with Gasteiger partial charge in [0.2, 0.25) is 5.95 Å². The lowest BCUT2D eigenvalue weighted by Crippen LogP contribution is -2.31. The third kappa shape index (κ3) is 3.10. The maximum absolute atomic E-state index is 11.8. The highest BCUT2D eigenvalue weighted by atomic mass is 16.5. The van der Waals surface area contributed by atoms with Crippen molar-refractivity contribution in [2.75, 3.05) is 12.5 Å². The molecule has 0 unspecified atom stereocenters. The molecule has 3 N–H and O–H groups in total. The van der Waals surface area contributed by atoms with Crippen molar-refractivity contribution in [1.29, 1.82) is 0 Å². The van der Waals surface area contributed by atoms with Gasteiger partial charge >= 0.3 is 0 Å². The summed E-state index contributed by atoms with van der Waals surface area (Å²) in [6.45, 7) is 1.53. The van der Waals surface area contributed by atoms with Crippen LogP contribution in [-0.4, -0.2) is 28.2 Å². The van der Waals surface area contributed by atoms with Crippen LogP contribution >= 0.6 is 0 Å². The molecule has 2 rings (SSSR count). The van der Waals surface area contributed by atoms with Crippen LogP contribution in [0.2, 0.25) is 0 Å². The lowest BCUT2D eigenvalue weighted by Gasteiger charge is -2.07. The average Bonchev–Trinajstić information content (AvgIpc) is 2.48. The molecular formula is C12H13N5O3. The summed E-state index contributed by atoms with van der Waals surface area (Å²) in [4.78, 5) is 25.5. The minimum absolute atomic E-state index is 0.0578. The predicted octanol–water partition coefficient (Wildman–Crippen LogP) is 0.239. The third-order valence-corrected chi connectivity index (χ3v) is 2.51. The number of aryl methyl sites for hydroxylation is 1. The number of benzene rings is 1. The highest BCUT2D eigenvalue weighted by Crippen LogP contribution is 2.10. The number of methoxy groups -OCH3 is 1. The van der Waals surface area contributed by atoms with E-state index in [1.165, 1.54) is 6.92 Å². The highest BCUT2D eigenvalue weighted by molar-refractivity contribution is 5.94. The standard InChI is InChI=1S/C12H13N5O3/c1-7-10(18)13-12(16-14-7)17-15-11(19)8-3-5-9(20-2)6-4-8/h3-6H,1-2H3,(H,15,19)(H2,13,16,17,18). The number of carbonyl (C=O) groups excluding carboxylic acids is 1. The topological polar surface area (TPSA) is 109 Å². The first-order valence-electron chi connectivity index (χ1n) is 5.74. The molecule has 0 saturated heterocycles. The van der Waals surface area contributed by atoms with Gasteiger partial charge in [0, 0.05) is 5.56 Å². The van der Waals surface area contributed by atoms with Crippen molar-refractivity contribution in [3.05, 3.63) is 45.9 Å². The summed E-state index contributed by atoms with van der Waals surface area (Å²) in [6.07, 6.45) is 0. The minimum Gasteiger partial charge on any atom is -0.497 e. The molecule has 8 heteroatoms. The first-order valence-corrected chi connectivity index (χ1v) is 5.74. The van der Waals surface area contributed by atoms with Crippen LogP contribution in [-0.2, 0) is 0 Å². The van der Waals surface area contributed by atoms with Crippen LogP contribution < -0.4 is 21.1 Å². The summed E-state index contributed by atoms with van der Waals surface area (Å²) in [5, 5.41) is 7.31. The van der Waals surface area contributed by atoms with Gasteiger partial charge in [0.15, 0.2) is 0 Å². The summed E-state index contributed by atoms with van der Waals surface area (Å²) in [5.74, 6) is 0.335. The highest BCUT2D eigenvalue weighted by Gasteiger charge is 2.06. The lowest BCUT2D eigenvalue weighted by molar-refractivity contribution is 0.0962. The van der Waals surface area contributed by atoms with Crippen LogP contribution in [0.1, 0.15) is 16.1 Å². The van der Waals surface area contributed by atoms with Crippen LogP contribution in [0.15, 0.2) is 29.1 Å². The van der Waals surface area contributed by atoms with Crippen LogP contribution in [0.3, 0.4) is 0 Å². The Hall–Kier alpha value is -2.90. The number of hydrogen-bond donors (Lipinski definition) is 3. The first-order chi connectivity index (χ1) is 9.60. The number of aromatic nitrogens is 3. The number of ether oxygens (including phenoxy) is 1. The predicted molar refractivity (Wildman–Crippen MR) is 71.5 cm³/mol. The van der Waals surface area contributed by atoms with Gasteiger partial charge in [-0.25, -0.2) is 0 Å². The maximum atomic E-state index is 11.8. The molecule has 104 valence electrons. The number of nitrogens with one attached hydrogen (secondary N) is 3. The second kappa shape index (κ2) is 5.83. The van der Waals surface area contributed by atoms with E-state index in [4.69, 9.17) is 4.74 Å². The fourth-order valence-electron chi connectivity index (χ4n) is 1.38. The Morgan fingerprint density at radius 2 is 1.95 bits per heavy atom. The number of carbonyl (C=O) groups is 1. The summed E-state index contributed by atoms with van der Waals surface area (Å²) in [5.41, 5.74) is 5.18. The molecule has 20 heavy (non-hydrogen) atoms. The molecule has 2 aromatic rings. The molecule has 1 heterocycles. The van der Waals surface area contributed by atoms with E-state index in [0.29, 0.717) is 11.3 Å². The number of aromatic amines is 1. The van der Waals surface area contributed by atoms with Crippen molar-refractivity contribution < 1.29 is 9.53 Å². The second-order valence-electron chi connectivity index (χ2n) is 3.90. The van der Waals surface area contributed by atoms with Crippen molar-refractivity contribution in [1.82, 2.24) is 20.6 Å². The summed E-state index contributed by atoms with van der Waals surface area (Å²) >= 11 is 0. The Labute approximate surface area is 114 Å². The molecular weight excluding hydrogens is 262 g/mol. The number of hydrogen-bond acceptors (Lipinski definition) is 6. The van der Waals surface area contributed by atoms with Crippen molar-refractivity contribution in [3.63, 3.8) is 0 Å². The van der Waals surface area contributed by atoms with Gasteiger partial charge in [0.25, 0.3) is 11.5 Å². The first kappa shape index (κ1) is 13.5. The Morgan fingerprint density at radius 1 is 1.25 bits per heavy atom. The quantitative estimate of drug-likeness (QED) is 0.690. The molecule has 1 aromatic carbocycles. The molecule has 1 amide bonds. The lowest BCUT2D eigenvalue weighted by atomic mass is 10.2. The number of hydrazine groups is 1. The molecule has 0 fully saturated rings. The molecule has 0 aliphatic carbocycles. The molecule has 0 saturated carbocycles. The van der Waals surface area contributed by atoms with Gasteiger partial charge in [-0.15, -0.1) is 10.2 Å². The van der Waals surface area contributed by atoms with Crippen LogP contribution in [0.4, 0.5) is 5.95 Å². The van der Waals surface area contributed by atoms with Gasteiger partial charge in [-0.05, 0) is 31.2 Å². The van der Waals surface area contributed by atoms with Crippen LogP contribution in [0.25, 0.3) is 0 Å². The van der Waals surface area contributed by atoms with E-state index in [2.05, 4.69) is 26.0 Å². The van der Waals surface area contributed by atoms with E-state index in [9.17, 15) is 9.59 Å². The van der Waals surface area contributed by atoms with E-state index in [0.717, 1.165) is 0 Å². The summed E-state index contributed by atoms with van der Waals surface area (Å²) in [7, 11) is 1.54. The number of anilines is 1. The van der Waals surface area contributed by atoms with E-state index in [-0.39, 0.29) is 23.1 Å². The molecule has 0 radical (unpaired) electrons. The smallest absolute Gasteiger partial charge is 0.274 e. The van der Waals surface area contributed by atoms with Gasteiger partial charge < -0.3 is 4.74 Å². The van der Waals surface area contributed by atoms with Crippen molar-refractivity contribution in [3.8, 4) is 5.75 Å². The second-order valence-corrected chi connectivity index (χ2v) is 3.90. The van der Waals surface area contributed by atoms with Crippen LogP contribution in [0.5, 0.6) is 5.75 Å². The van der Waals surface area contributed by atoms with Crippen molar-refractivity contribution in [2.24, 2.45) is 0 Å². The molecule has 0 aliphatic rings. The number of amides is 1. The molecule has 8 nitrogen and oxygen atoms in total. The van der Waals surface area contributed by atoms with E-state index < -0.39 is 0 Å². The normalized spacial score (nSPS) is 9.90. The maximum Gasteiger partial charge on any atom is 0.274 e.